The van der Waals surface area contributed by atoms with Crippen molar-refractivity contribution in [3.63, 3.8) is 0 Å². The molecule has 0 aliphatic rings. The Bertz CT molecular complexity index is 691. The molecule has 2 rings (SSSR count). The van der Waals surface area contributed by atoms with E-state index in [4.69, 9.17) is 11.6 Å². The van der Waals surface area contributed by atoms with Gasteiger partial charge in [-0.15, -0.1) is 24.0 Å². The summed E-state index contributed by atoms with van der Waals surface area (Å²) in [7, 11) is 5.75. The zero-order chi connectivity index (χ0) is 17.5. The van der Waals surface area contributed by atoms with Crippen LogP contribution in [0, 0.1) is 0 Å². The van der Waals surface area contributed by atoms with E-state index in [2.05, 4.69) is 32.6 Å². The second-order valence-electron chi connectivity index (χ2n) is 5.59. The molecule has 5 nitrogen and oxygen atoms in total. The van der Waals surface area contributed by atoms with Gasteiger partial charge in [0.25, 0.3) is 0 Å². The zero-order valence-electron chi connectivity index (χ0n) is 14.9. The molecule has 0 aliphatic carbocycles. The fourth-order valence-electron chi connectivity index (χ4n) is 2.52. The molecule has 1 aromatic carbocycles. The number of thioether (sulfide) groups is 1. The SMILES string of the molecule is CN=C(NCC(SC)c1cccc(Cl)c1)N(C)Cc1cnn(C)c1.I. The molecule has 1 atom stereocenters. The molecular weight excluding hydrogens is 469 g/mol. The van der Waals surface area contributed by atoms with Crippen molar-refractivity contribution in [2.24, 2.45) is 12.0 Å². The highest BCUT2D eigenvalue weighted by Gasteiger charge is 2.13. The molecule has 138 valence electrons. The van der Waals surface area contributed by atoms with E-state index in [9.17, 15) is 0 Å². The molecule has 0 fully saturated rings. The maximum atomic E-state index is 6.11. The van der Waals surface area contributed by atoms with Crippen molar-refractivity contribution in [3.05, 3.63) is 52.8 Å². The number of rotatable bonds is 6. The lowest BCUT2D eigenvalue weighted by atomic mass is 10.1. The molecular formula is C17H25ClIN5S. The topological polar surface area (TPSA) is 45.5 Å². The first-order chi connectivity index (χ1) is 11.5. The Hall–Kier alpha value is -0.930. The largest absolute Gasteiger partial charge is 0.355 e. The van der Waals surface area contributed by atoms with Gasteiger partial charge in [-0.05, 0) is 24.0 Å². The number of halogens is 2. The van der Waals surface area contributed by atoms with E-state index in [-0.39, 0.29) is 24.0 Å². The lowest BCUT2D eigenvalue weighted by molar-refractivity contribution is 0.476. The van der Waals surface area contributed by atoms with E-state index in [1.165, 1.54) is 5.56 Å². The number of benzene rings is 1. The summed E-state index contributed by atoms with van der Waals surface area (Å²) >= 11 is 7.90. The van der Waals surface area contributed by atoms with Gasteiger partial charge in [-0.2, -0.15) is 16.9 Å². The molecule has 0 saturated heterocycles. The van der Waals surface area contributed by atoms with Crippen molar-refractivity contribution < 1.29 is 0 Å². The van der Waals surface area contributed by atoms with Crippen LogP contribution in [-0.2, 0) is 13.6 Å². The summed E-state index contributed by atoms with van der Waals surface area (Å²) in [4.78, 5) is 6.47. The third-order valence-electron chi connectivity index (χ3n) is 3.70. The minimum Gasteiger partial charge on any atom is -0.355 e. The van der Waals surface area contributed by atoms with Crippen LogP contribution in [0.4, 0.5) is 0 Å². The summed E-state index contributed by atoms with van der Waals surface area (Å²) in [6.45, 7) is 1.54. The summed E-state index contributed by atoms with van der Waals surface area (Å²) in [5.74, 6) is 0.861. The van der Waals surface area contributed by atoms with Crippen LogP contribution in [0.3, 0.4) is 0 Å². The normalized spacial score (nSPS) is 12.4. The average Bonchev–Trinajstić information content (AvgIpc) is 2.96. The molecule has 0 radical (unpaired) electrons. The molecule has 1 heterocycles. The fraction of sp³-hybridized carbons (Fsp3) is 0.412. The molecule has 1 N–H and O–H groups in total. The Morgan fingerprint density at radius 2 is 2.24 bits per heavy atom. The van der Waals surface area contributed by atoms with Gasteiger partial charge < -0.3 is 10.2 Å². The summed E-state index contributed by atoms with van der Waals surface area (Å²) in [5, 5.41) is 8.73. The second kappa shape index (κ2) is 10.9. The predicted octanol–water partition coefficient (Wildman–Crippen LogP) is 3.80. The van der Waals surface area contributed by atoms with Crippen molar-refractivity contribution in [2.45, 2.75) is 11.8 Å². The van der Waals surface area contributed by atoms with Crippen LogP contribution in [0.15, 0.2) is 41.7 Å². The summed E-state index contributed by atoms with van der Waals surface area (Å²) < 4.78 is 1.81. The maximum absolute atomic E-state index is 6.11. The maximum Gasteiger partial charge on any atom is 0.193 e. The first-order valence-corrected chi connectivity index (χ1v) is 9.37. The van der Waals surface area contributed by atoms with Crippen molar-refractivity contribution >= 4 is 53.3 Å². The van der Waals surface area contributed by atoms with Crippen molar-refractivity contribution in [3.8, 4) is 0 Å². The number of aromatic nitrogens is 2. The van der Waals surface area contributed by atoms with Crippen molar-refractivity contribution in [1.29, 1.82) is 0 Å². The number of aryl methyl sites for hydroxylation is 1. The van der Waals surface area contributed by atoms with Crippen LogP contribution in [0.5, 0.6) is 0 Å². The molecule has 1 unspecified atom stereocenters. The Kier molecular flexibility index (Phi) is 9.66. The highest BCUT2D eigenvalue weighted by atomic mass is 127. The fourth-order valence-corrected chi connectivity index (χ4v) is 3.38. The molecule has 25 heavy (non-hydrogen) atoms. The number of nitrogens with one attached hydrogen (secondary N) is 1. The average molecular weight is 494 g/mol. The molecule has 0 spiro atoms. The van der Waals surface area contributed by atoms with Gasteiger partial charge in [0, 0.05) is 56.3 Å². The monoisotopic (exact) mass is 493 g/mol. The van der Waals surface area contributed by atoms with Gasteiger partial charge in [-0.25, -0.2) is 0 Å². The molecule has 8 heteroatoms. The Morgan fingerprint density at radius 1 is 1.48 bits per heavy atom. The minimum atomic E-state index is 0. The third-order valence-corrected chi connectivity index (χ3v) is 4.94. The quantitative estimate of drug-likeness (QED) is 0.378. The van der Waals surface area contributed by atoms with Gasteiger partial charge in [-0.3, -0.25) is 9.67 Å². The van der Waals surface area contributed by atoms with Gasteiger partial charge in [0.15, 0.2) is 5.96 Å². The summed E-state index contributed by atoms with van der Waals surface area (Å²) in [6, 6.07) is 8.02. The number of guanidine groups is 1. The van der Waals surface area contributed by atoms with Gasteiger partial charge in [0.1, 0.15) is 0 Å². The van der Waals surface area contributed by atoms with E-state index in [0.29, 0.717) is 5.25 Å². The van der Waals surface area contributed by atoms with Gasteiger partial charge in [0.2, 0.25) is 0 Å². The molecule has 1 aromatic heterocycles. The third kappa shape index (κ3) is 6.71. The molecule has 0 bridgehead atoms. The summed E-state index contributed by atoms with van der Waals surface area (Å²) in [5.41, 5.74) is 2.37. The molecule has 0 amide bonds. The lowest BCUT2D eigenvalue weighted by Crippen LogP contribution is -2.39. The number of hydrogen-bond acceptors (Lipinski definition) is 3. The minimum absolute atomic E-state index is 0. The number of nitrogens with zero attached hydrogens (tertiary/aromatic N) is 4. The van der Waals surface area contributed by atoms with E-state index in [0.717, 1.165) is 29.6 Å². The van der Waals surface area contributed by atoms with Crippen LogP contribution in [0.2, 0.25) is 5.02 Å². The standard InChI is InChI=1S/C17H24ClN5S.HI/c1-19-17(22(2)11-13-9-21-23(3)12-13)20-10-16(24-4)14-6-5-7-15(18)8-14;/h5-9,12,16H,10-11H2,1-4H3,(H,19,20);1H. The highest BCUT2D eigenvalue weighted by molar-refractivity contribution is 14.0. The zero-order valence-corrected chi connectivity index (χ0v) is 18.8. The predicted molar refractivity (Wildman–Crippen MR) is 119 cm³/mol. The highest BCUT2D eigenvalue weighted by Crippen LogP contribution is 2.27. The van der Waals surface area contributed by atoms with E-state index in [1.54, 1.807) is 18.8 Å². The smallest absolute Gasteiger partial charge is 0.193 e. The number of aliphatic imine (C=N–C) groups is 1. The van der Waals surface area contributed by atoms with E-state index >= 15 is 0 Å². The molecule has 0 aliphatic heterocycles. The van der Waals surface area contributed by atoms with Gasteiger partial charge in [-0.1, -0.05) is 23.7 Å². The van der Waals surface area contributed by atoms with Crippen molar-refractivity contribution in [1.82, 2.24) is 20.0 Å². The van der Waals surface area contributed by atoms with E-state index in [1.807, 2.05) is 49.4 Å². The first-order valence-electron chi connectivity index (χ1n) is 7.71. The Balaban J connectivity index is 0.00000312. The molecule has 0 saturated carbocycles. The lowest BCUT2D eigenvalue weighted by Gasteiger charge is -2.24. The van der Waals surface area contributed by atoms with Crippen LogP contribution < -0.4 is 5.32 Å². The van der Waals surface area contributed by atoms with Crippen LogP contribution in [-0.4, -0.2) is 47.5 Å². The van der Waals surface area contributed by atoms with Gasteiger partial charge in [0.05, 0.1) is 6.20 Å². The summed E-state index contributed by atoms with van der Waals surface area (Å²) in [6.07, 6.45) is 6.00. The molecule has 2 aromatic rings. The van der Waals surface area contributed by atoms with Gasteiger partial charge >= 0.3 is 0 Å². The number of hydrogen-bond donors (Lipinski definition) is 1. The van der Waals surface area contributed by atoms with Crippen LogP contribution in [0.25, 0.3) is 0 Å². The van der Waals surface area contributed by atoms with E-state index < -0.39 is 0 Å². The van der Waals surface area contributed by atoms with Crippen LogP contribution >= 0.6 is 47.3 Å². The second-order valence-corrected chi connectivity index (χ2v) is 7.06. The Morgan fingerprint density at radius 3 is 2.80 bits per heavy atom. The van der Waals surface area contributed by atoms with Crippen LogP contribution in [0.1, 0.15) is 16.4 Å². The Labute approximate surface area is 176 Å². The van der Waals surface area contributed by atoms with Crippen molar-refractivity contribution in [2.75, 3.05) is 26.9 Å². The first kappa shape index (κ1) is 22.1.